The summed E-state index contributed by atoms with van der Waals surface area (Å²) in [5, 5.41) is 31.8. The molecule has 1 amide bonds. The largest absolute Gasteiger partial charge is 0.507 e. The minimum absolute atomic E-state index is 0.133. The molecule has 0 bridgehead atoms. The van der Waals surface area contributed by atoms with Gasteiger partial charge in [-0.3, -0.25) is 9.98 Å². The number of nitrogens with zero attached hydrogens (tertiary/aromatic N) is 3. The van der Waals surface area contributed by atoms with E-state index in [2.05, 4.69) is 95.2 Å². The average molecular weight is 706 g/mol. The minimum atomic E-state index is -0.383. The van der Waals surface area contributed by atoms with E-state index in [0.717, 1.165) is 60.8 Å². The van der Waals surface area contributed by atoms with E-state index < -0.39 is 0 Å². The fraction of sp³-hybridized carbons (Fsp3) is 0.651. The van der Waals surface area contributed by atoms with E-state index in [1.807, 2.05) is 12.1 Å². The summed E-state index contributed by atoms with van der Waals surface area (Å²) in [6.45, 7) is 26.7. The lowest BCUT2D eigenvalue weighted by molar-refractivity contribution is 0.108. The molecule has 3 N–H and O–H groups in total. The molecule has 1 saturated heterocycles. The number of rotatable bonds is 12. The number of aliphatic hydroxyl groups is 1. The van der Waals surface area contributed by atoms with Gasteiger partial charge in [-0.15, -0.1) is 0 Å². The van der Waals surface area contributed by atoms with E-state index in [0.29, 0.717) is 30.8 Å². The van der Waals surface area contributed by atoms with Crippen LogP contribution in [-0.4, -0.2) is 77.1 Å². The van der Waals surface area contributed by atoms with Crippen molar-refractivity contribution < 1.29 is 24.9 Å². The first-order valence-electron chi connectivity index (χ1n) is 18.9. The Balaban J connectivity index is 1.96. The minimum Gasteiger partial charge on any atom is -0.507 e. The number of aliphatic imine (C=N–C) groups is 2. The molecule has 1 aliphatic rings. The molecule has 0 radical (unpaired) electrons. The number of carbonyl (C=O) groups excluding carboxylic acids is 1. The van der Waals surface area contributed by atoms with Crippen LogP contribution < -0.4 is 0 Å². The van der Waals surface area contributed by atoms with E-state index >= 15 is 0 Å². The van der Waals surface area contributed by atoms with Crippen LogP contribution in [0.5, 0.6) is 11.5 Å². The first kappa shape index (κ1) is 42.0. The Kier molecular flexibility index (Phi) is 14.0. The van der Waals surface area contributed by atoms with Gasteiger partial charge in [0.1, 0.15) is 11.5 Å². The first-order valence-corrected chi connectivity index (χ1v) is 18.9. The number of benzene rings is 2. The molecule has 1 aliphatic heterocycles. The van der Waals surface area contributed by atoms with Crippen molar-refractivity contribution in [3.8, 4) is 11.5 Å². The zero-order valence-corrected chi connectivity index (χ0v) is 33.7. The third kappa shape index (κ3) is 11.8. The van der Waals surface area contributed by atoms with Gasteiger partial charge in [-0.25, -0.2) is 4.79 Å². The predicted octanol–water partition coefficient (Wildman–Crippen LogP) is 9.35. The Morgan fingerprint density at radius 1 is 0.667 bits per heavy atom. The number of aliphatic hydroxyl groups excluding tert-OH is 1. The van der Waals surface area contributed by atoms with Gasteiger partial charge in [0.05, 0.1) is 18.7 Å². The number of aromatic hydroxyl groups is 2. The van der Waals surface area contributed by atoms with Gasteiger partial charge in [0, 0.05) is 54.4 Å². The maximum absolute atomic E-state index is 13.3. The Hall–Kier alpha value is -3.39. The molecule has 1 heterocycles. The SMILES string of the molecule is CC(C)(C)c1cc(C=N[C@@H]2CN(C(=O)OCCCCCCCCO)C[C@H]2N=Cc2cc(C(C)(C)C)cc(C(C)(C)C)c2O)c(O)c(C(C)(C)C)c1. The number of ether oxygens (including phenoxy) is 1. The molecule has 8 heteroatoms. The molecular weight excluding hydrogens is 638 g/mol. The monoisotopic (exact) mass is 706 g/mol. The van der Waals surface area contributed by atoms with Crippen molar-refractivity contribution in [3.05, 3.63) is 57.6 Å². The van der Waals surface area contributed by atoms with Gasteiger partial charge in [-0.1, -0.05) is 121 Å². The normalized spacial score (nSPS) is 17.6. The van der Waals surface area contributed by atoms with Gasteiger partial charge in [-0.05, 0) is 57.8 Å². The lowest BCUT2D eigenvalue weighted by Gasteiger charge is -2.27. The number of hydrogen-bond donors (Lipinski definition) is 3. The van der Waals surface area contributed by atoms with Crippen LogP contribution in [-0.2, 0) is 26.4 Å². The molecule has 1 fully saturated rings. The van der Waals surface area contributed by atoms with E-state index in [9.17, 15) is 15.0 Å². The van der Waals surface area contributed by atoms with Crippen LogP contribution >= 0.6 is 0 Å². The Labute approximate surface area is 308 Å². The Morgan fingerprint density at radius 2 is 1.06 bits per heavy atom. The lowest BCUT2D eigenvalue weighted by atomic mass is 9.79. The van der Waals surface area contributed by atoms with Crippen LogP contribution in [0.2, 0.25) is 0 Å². The van der Waals surface area contributed by atoms with Crippen LogP contribution in [0.3, 0.4) is 0 Å². The van der Waals surface area contributed by atoms with Crippen molar-refractivity contribution in [2.24, 2.45) is 9.98 Å². The van der Waals surface area contributed by atoms with Crippen LogP contribution in [0.25, 0.3) is 0 Å². The van der Waals surface area contributed by atoms with Gasteiger partial charge >= 0.3 is 6.09 Å². The van der Waals surface area contributed by atoms with Crippen molar-refractivity contribution in [3.63, 3.8) is 0 Å². The van der Waals surface area contributed by atoms with Crippen molar-refractivity contribution in [1.29, 1.82) is 0 Å². The zero-order valence-electron chi connectivity index (χ0n) is 33.7. The van der Waals surface area contributed by atoms with E-state index in [1.54, 1.807) is 17.3 Å². The lowest BCUT2D eigenvalue weighted by Crippen LogP contribution is -2.30. The van der Waals surface area contributed by atoms with Gasteiger partial charge in [0.2, 0.25) is 0 Å². The summed E-state index contributed by atoms with van der Waals surface area (Å²) >= 11 is 0. The Bertz CT molecular complexity index is 1430. The highest BCUT2D eigenvalue weighted by atomic mass is 16.6. The standard InChI is InChI=1S/C43H67N3O5/c1-40(2,3)31-21-29(37(48)33(23-31)42(7,8)9)25-44-35-27-46(39(50)51-20-18-16-14-13-15-17-19-47)28-36(35)45-26-30-22-32(41(4,5)6)24-34(38(30)49)43(10,11)12/h21-26,35-36,47-49H,13-20,27-28H2,1-12H3/t35-,36-/m1/s1. The van der Waals surface area contributed by atoms with Crippen molar-refractivity contribution in [2.45, 2.75) is 155 Å². The third-order valence-corrected chi connectivity index (χ3v) is 9.73. The topological polar surface area (TPSA) is 115 Å². The predicted molar refractivity (Wildman–Crippen MR) is 211 cm³/mol. The smallest absolute Gasteiger partial charge is 0.409 e. The molecule has 0 saturated carbocycles. The molecule has 2 aromatic rings. The highest BCUT2D eigenvalue weighted by Gasteiger charge is 2.36. The number of carbonyl (C=O) groups is 1. The number of phenols is 2. The maximum atomic E-state index is 13.3. The number of amides is 1. The number of hydrogen-bond acceptors (Lipinski definition) is 7. The van der Waals surface area contributed by atoms with Crippen LogP contribution in [0.4, 0.5) is 4.79 Å². The fourth-order valence-electron chi connectivity index (χ4n) is 6.26. The zero-order chi connectivity index (χ0) is 38.4. The molecular formula is C43H67N3O5. The average Bonchev–Trinajstić information content (AvgIpc) is 3.42. The number of phenolic OH excluding ortho intramolecular Hbond substituents is 2. The molecule has 2 atom stereocenters. The highest BCUT2D eigenvalue weighted by Crippen LogP contribution is 2.39. The summed E-state index contributed by atoms with van der Waals surface area (Å²) in [5.41, 5.74) is 4.40. The summed E-state index contributed by atoms with van der Waals surface area (Å²) < 4.78 is 5.69. The van der Waals surface area contributed by atoms with Gasteiger partial charge in [-0.2, -0.15) is 0 Å². The number of likely N-dealkylation sites (tertiary alicyclic amines) is 1. The fourth-order valence-corrected chi connectivity index (χ4v) is 6.26. The molecule has 0 aromatic heterocycles. The third-order valence-electron chi connectivity index (χ3n) is 9.73. The molecule has 0 aliphatic carbocycles. The molecule has 51 heavy (non-hydrogen) atoms. The molecule has 0 unspecified atom stereocenters. The van der Waals surface area contributed by atoms with Gasteiger partial charge in [0.15, 0.2) is 0 Å². The molecule has 284 valence electrons. The quantitative estimate of drug-likeness (QED) is 0.150. The second kappa shape index (κ2) is 17.0. The summed E-state index contributed by atoms with van der Waals surface area (Å²) in [4.78, 5) is 24.9. The first-order chi connectivity index (χ1) is 23.5. The van der Waals surface area contributed by atoms with Gasteiger partial charge < -0.3 is 25.0 Å². The van der Waals surface area contributed by atoms with Crippen LogP contribution in [0, 0.1) is 0 Å². The maximum Gasteiger partial charge on any atom is 0.409 e. The molecule has 3 rings (SSSR count). The second-order valence-corrected chi connectivity index (χ2v) is 18.5. The van der Waals surface area contributed by atoms with E-state index in [4.69, 9.17) is 19.8 Å². The van der Waals surface area contributed by atoms with E-state index in [1.165, 1.54) is 0 Å². The van der Waals surface area contributed by atoms with Gasteiger partial charge in [0.25, 0.3) is 0 Å². The summed E-state index contributed by atoms with van der Waals surface area (Å²) in [6, 6.07) is 7.41. The van der Waals surface area contributed by atoms with Crippen molar-refractivity contribution >= 4 is 18.5 Å². The summed E-state index contributed by atoms with van der Waals surface area (Å²) in [5.74, 6) is 0.423. The van der Waals surface area contributed by atoms with Crippen molar-refractivity contribution in [2.75, 3.05) is 26.3 Å². The highest BCUT2D eigenvalue weighted by molar-refractivity contribution is 5.86. The van der Waals surface area contributed by atoms with Crippen LogP contribution in [0.1, 0.15) is 155 Å². The molecule has 0 spiro atoms. The molecule has 8 nitrogen and oxygen atoms in total. The molecule has 2 aromatic carbocycles. The summed E-state index contributed by atoms with van der Waals surface area (Å²) in [6.07, 6.45) is 8.80. The van der Waals surface area contributed by atoms with Crippen LogP contribution in [0.15, 0.2) is 34.3 Å². The second-order valence-electron chi connectivity index (χ2n) is 18.5. The Morgan fingerprint density at radius 3 is 1.43 bits per heavy atom. The van der Waals surface area contributed by atoms with Crippen molar-refractivity contribution in [1.82, 2.24) is 4.90 Å². The van der Waals surface area contributed by atoms with E-state index in [-0.39, 0.29) is 57.9 Å². The number of unbranched alkanes of at least 4 members (excludes halogenated alkanes) is 5. The summed E-state index contributed by atoms with van der Waals surface area (Å²) in [7, 11) is 0.